The van der Waals surface area contributed by atoms with Gasteiger partial charge in [0.25, 0.3) is 0 Å². The van der Waals surface area contributed by atoms with Crippen LogP contribution < -0.4 is 9.64 Å². The first-order chi connectivity index (χ1) is 11.4. The van der Waals surface area contributed by atoms with E-state index in [9.17, 15) is 14.7 Å². The van der Waals surface area contributed by atoms with Gasteiger partial charge in [0.2, 0.25) is 0 Å². The summed E-state index contributed by atoms with van der Waals surface area (Å²) in [5.74, 6) is 0.638. The largest absolute Gasteiger partial charge is 0.465 e. The molecule has 6 nitrogen and oxygen atoms in total. The zero-order valence-electron chi connectivity index (χ0n) is 14.4. The van der Waals surface area contributed by atoms with E-state index in [2.05, 4.69) is 0 Å². The maximum atomic E-state index is 12.3. The number of nitrogens with zero attached hydrogens (tertiary/aromatic N) is 2. The number of ether oxygens (including phenoxy) is 1. The number of anilines is 1. The Labute approximate surface area is 147 Å². The van der Waals surface area contributed by atoms with Crippen molar-refractivity contribution >= 4 is 29.5 Å². The fourth-order valence-corrected chi connectivity index (χ4v) is 2.44. The second kappa shape index (κ2) is 10.0. The Balaban J connectivity index is 2.89. The molecule has 2 amide bonds. The van der Waals surface area contributed by atoms with Crippen LogP contribution in [-0.4, -0.2) is 47.2 Å². The van der Waals surface area contributed by atoms with E-state index in [0.717, 1.165) is 12.8 Å². The van der Waals surface area contributed by atoms with Gasteiger partial charge in [-0.05, 0) is 32.4 Å². The Morgan fingerprint density at radius 3 is 2.54 bits per heavy atom. The van der Waals surface area contributed by atoms with E-state index in [0.29, 0.717) is 30.4 Å². The normalized spacial score (nSPS) is 10.5. The van der Waals surface area contributed by atoms with E-state index in [4.69, 9.17) is 16.3 Å². The molecule has 0 heterocycles. The van der Waals surface area contributed by atoms with Gasteiger partial charge >= 0.3 is 12.2 Å². The molecule has 24 heavy (non-hydrogen) atoms. The summed E-state index contributed by atoms with van der Waals surface area (Å²) in [6, 6.07) is 6.27. The third-order valence-electron chi connectivity index (χ3n) is 3.42. The summed E-state index contributed by atoms with van der Waals surface area (Å²) in [5.41, 5.74) is 0.459. The summed E-state index contributed by atoms with van der Waals surface area (Å²) in [6.45, 7) is 6.59. The lowest BCUT2D eigenvalue weighted by atomic mass is 10.2. The fraction of sp³-hybridized carbons (Fsp3) is 0.529. The Morgan fingerprint density at radius 2 is 2.00 bits per heavy atom. The van der Waals surface area contributed by atoms with E-state index in [1.54, 1.807) is 43.0 Å². The molecular weight excluding hydrogens is 332 g/mol. The summed E-state index contributed by atoms with van der Waals surface area (Å²) < 4.78 is 5.39. The van der Waals surface area contributed by atoms with Crippen molar-refractivity contribution in [3.8, 4) is 5.75 Å². The Kier molecular flexibility index (Phi) is 8.40. The van der Waals surface area contributed by atoms with Crippen molar-refractivity contribution in [3.05, 3.63) is 24.3 Å². The minimum absolute atomic E-state index is 0.231. The van der Waals surface area contributed by atoms with Gasteiger partial charge in [-0.2, -0.15) is 0 Å². The second-order valence-corrected chi connectivity index (χ2v) is 6.02. The van der Waals surface area contributed by atoms with Crippen LogP contribution in [0.1, 0.15) is 33.6 Å². The molecule has 0 bridgehead atoms. The molecule has 7 heteroatoms. The molecule has 0 fully saturated rings. The smallest absolute Gasteiger partial charge is 0.415 e. The number of carboxylic acid groups (broad SMARTS) is 1. The molecule has 0 saturated heterocycles. The summed E-state index contributed by atoms with van der Waals surface area (Å²) in [4.78, 5) is 26.4. The number of benzene rings is 1. The van der Waals surface area contributed by atoms with Crippen LogP contribution >= 0.6 is 11.6 Å². The SMILES string of the molecule is CCCCN(CCCl)C(=O)Oc1cccc(N(C(=O)O)C(C)C)c1. The van der Waals surface area contributed by atoms with E-state index in [1.165, 1.54) is 4.90 Å². The van der Waals surface area contributed by atoms with Crippen molar-refractivity contribution in [3.63, 3.8) is 0 Å². The Hall–Kier alpha value is -1.95. The van der Waals surface area contributed by atoms with E-state index < -0.39 is 12.2 Å². The van der Waals surface area contributed by atoms with Crippen molar-refractivity contribution in [2.45, 2.75) is 39.7 Å². The van der Waals surface area contributed by atoms with Gasteiger partial charge in [-0.1, -0.05) is 19.4 Å². The summed E-state index contributed by atoms with van der Waals surface area (Å²) in [6.07, 6.45) is 0.295. The topological polar surface area (TPSA) is 70.1 Å². The van der Waals surface area contributed by atoms with Crippen LogP contribution in [0.15, 0.2) is 24.3 Å². The maximum Gasteiger partial charge on any atom is 0.415 e. The Bertz CT molecular complexity index is 551. The van der Waals surface area contributed by atoms with Gasteiger partial charge in [0, 0.05) is 31.1 Å². The van der Waals surface area contributed by atoms with Crippen LogP contribution in [0.5, 0.6) is 5.75 Å². The molecule has 1 aromatic carbocycles. The monoisotopic (exact) mass is 356 g/mol. The number of hydrogen-bond acceptors (Lipinski definition) is 3. The molecule has 0 spiro atoms. The molecular formula is C17H25ClN2O4. The minimum atomic E-state index is -1.06. The molecule has 134 valence electrons. The summed E-state index contributed by atoms with van der Waals surface area (Å²) in [5, 5.41) is 9.32. The molecule has 0 aliphatic rings. The molecule has 0 saturated carbocycles. The van der Waals surface area contributed by atoms with Gasteiger partial charge in [0.05, 0.1) is 5.69 Å². The molecule has 1 aromatic rings. The van der Waals surface area contributed by atoms with Gasteiger partial charge in [-0.15, -0.1) is 11.6 Å². The van der Waals surface area contributed by atoms with Gasteiger partial charge < -0.3 is 14.7 Å². The average Bonchev–Trinajstić information content (AvgIpc) is 2.51. The van der Waals surface area contributed by atoms with E-state index in [1.807, 2.05) is 6.92 Å². The third kappa shape index (κ3) is 5.92. The zero-order chi connectivity index (χ0) is 18.1. The van der Waals surface area contributed by atoms with Gasteiger partial charge in [-0.3, -0.25) is 4.90 Å². The first kappa shape index (κ1) is 20.1. The lowest BCUT2D eigenvalue weighted by Gasteiger charge is -2.24. The first-order valence-electron chi connectivity index (χ1n) is 8.05. The molecule has 0 radical (unpaired) electrons. The number of hydrogen-bond donors (Lipinski definition) is 1. The number of rotatable bonds is 8. The number of carbonyl (C=O) groups is 2. The van der Waals surface area contributed by atoms with Gasteiger partial charge in [-0.25, -0.2) is 9.59 Å². The molecule has 0 aliphatic heterocycles. The standard InChI is InChI=1S/C17H25ClN2O4/c1-4-5-10-19(11-9-18)17(23)24-15-8-6-7-14(12-15)20(13(2)3)16(21)22/h6-8,12-13H,4-5,9-11H2,1-3H3,(H,21,22). The van der Waals surface area contributed by atoms with Crippen LogP contribution in [0.4, 0.5) is 15.3 Å². The van der Waals surface area contributed by atoms with Crippen LogP contribution in [-0.2, 0) is 0 Å². The lowest BCUT2D eigenvalue weighted by Crippen LogP contribution is -2.36. The molecule has 1 rings (SSSR count). The first-order valence-corrected chi connectivity index (χ1v) is 8.59. The quantitative estimate of drug-likeness (QED) is 0.700. The van der Waals surface area contributed by atoms with Crippen LogP contribution in [0.2, 0.25) is 0 Å². The van der Waals surface area contributed by atoms with Crippen molar-refractivity contribution < 1.29 is 19.4 Å². The summed E-state index contributed by atoms with van der Waals surface area (Å²) in [7, 11) is 0. The summed E-state index contributed by atoms with van der Waals surface area (Å²) >= 11 is 5.74. The number of unbranched alkanes of at least 4 members (excludes halogenated alkanes) is 1. The fourth-order valence-electron chi connectivity index (χ4n) is 2.24. The molecule has 0 aliphatic carbocycles. The van der Waals surface area contributed by atoms with Crippen molar-refractivity contribution in [1.29, 1.82) is 0 Å². The average molecular weight is 357 g/mol. The van der Waals surface area contributed by atoms with Gasteiger partial charge in [0.1, 0.15) is 5.75 Å². The highest BCUT2D eigenvalue weighted by molar-refractivity contribution is 6.18. The molecule has 0 unspecified atom stereocenters. The number of amides is 2. The van der Waals surface area contributed by atoms with Crippen LogP contribution in [0.3, 0.4) is 0 Å². The molecule has 0 aromatic heterocycles. The highest BCUT2D eigenvalue weighted by Crippen LogP contribution is 2.23. The number of alkyl halides is 1. The predicted molar refractivity (Wildman–Crippen MR) is 95.3 cm³/mol. The Morgan fingerprint density at radius 1 is 1.29 bits per heavy atom. The molecule has 0 atom stereocenters. The number of carbonyl (C=O) groups excluding carboxylic acids is 1. The van der Waals surface area contributed by atoms with Crippen molar-refractivity contribution in [2.24, 2.45) is 0 Å². The zero-order valence-corrected chi connectivity index (χ0v) is 15.1. The minimum Gasteiger partial charge on any atom is -0.465 e. The predicted octanol–water partition coefficient (Wildman–Crippen LogP) is 4.42. The van der Waals surface area contributed by atoms with Crippen molar-refractivity contribution in [1.82, 2.24) is 4.90 Å². The molecule has 1 N–H and O–H groups in total. The van der Waals surface area contributed by atoms with Crippen LogP contribution in [0.25, 0.3) is 0 Å². The highest BCUT2D eigenvalue weighted by atomic mass is 35.5. The van der Waals surface area contributed by atoms with E-state index >= 15 is 0 Å². The second-order valence-electron chi connectivity index (χ2n) is 5.64. The van der Waals surface area contributed by atoms with Crippen molar-refractivity contribution in [2.75, 3.05) is 23.9 Å². The van der Waals surface area contributed by atoms with Gasteiger partial charge in [0.15, 0.2) is 0 Å². The number of halogens is 1. The highest BCUT2D eigenvalue weighted by Gasteiger charge is 2.20. The van der Waals surface area contributed by atoms with E-state index in [-0.39, 0.29) is 6.04 Å². The third-order valence-corrected chi connectivity index (χ3v) is 3.59. The lowest BCUT2D eigenvalue weighted by molar-refractivity contribution is 0.154. The van der Waals surface area contributed by atoms with Crippen LogP contribution in [0, 0.1) is 0 Å². The maximum absolute atomic E-state index is 12.3.